The van der Waals surface area contributed by atoms with Gasteiger partial charge in [-0.25, -0.2) is 9.18 Å². The lowest BCUT2D eigenvalue weighted by Gasteiger charge is -2.40. The summed E-state index contributed by atoms with van der Waals surface area (Å²) in [5.41, 5.74) is 2.11. The second-order valence-corrected chi connectivity index (χ2v) is 11.5. The van der Waals surface area contributed by atoms with Crippen molar-refractivity contribution in [3.05, 3.63) is 41.2 Å². The third-order valence-corrected chi connectivity index (χ3v) is 8.86. The van der Waals surface area contributed by atoms with Crippen LogP contribution < -0.4 is 4.74 Å². The van der Waals surface area contributed by atoms with Crippen LogP contribution in [-0.4, -0.2) is 40.6 Å². The first kappa shape index (κ1) is 23.4. The lowest BCUT2D eigenvalue weighted by Crippen LogP contribution is -2.44. The van der Waals surface area contributed by atoms with Crippen LogP contribution >= 0.6 is 0 Å². The number of ether oxygens (including phenoxy) is 1. The molecule has 5 nitrogen and oxygen atoms in total. The van der Waals surface area contributed by atoms with E-state index in [2.05, 4.69) is 20.4 Å². The number of nitrogens with zero attached hydrogens (tertiary/aromatic N) is 1. The summed E-state index contributed by atoms with van der Waals surface area (Å²) >= 11 is 0. The maximum atomic E-state index is 15.4. The Labute approximate surface area is 201 Å². The van der Waals surface area contributed by atoms with Gasteiger partial charge >= 0.3 is 5.97 Å². The molecule has 5 rings (SSSR count). The number of carbonyl (C=O) groups excluding carboxylic acids is 1. The number of benzene rings is 1. The SMILES string of the molecule is C=C1CC(C)CC(CC)(COc2cc(F)c(C(=O)N3C4C(C[C@H]3C(=O)O)[C@H]4C)cc2C2CC2)C1. The number of carbonyl (C=O) groups is 2. The predicted molar refractivity (Wildman–Crippen MR) is 127 cm³/mol. The smallest absolute Gasteiger partial charge is 0.326 e. The summed E-state index contributed by atoms with van der Waals surface area (Å²) < 4.78 is 21.7. The van der Waals surface area contributed by atoms with Crippen LogP contribution in [0.1, 0.15) is 87.6 Å². The fraction of sp³-hybridized carbons (Fsp3) is 0.643. The van der Waals surface area contributed by atoms with Gasteiger partial charge in [-0.3, -0.25) is 4.79 Å². The molecule has 0 bridgehead atoms. The van der Waals surface area contributed by atoms with Gasteiger partial charge in [-0.2, -0.15) is 0 Å². The van der Waals surface area contributed by atoms with E-state index in [1.54, 1.807) is 6.07 Å². The molecule has 1 aromatic carbocycles. The molecule has 1 heterocycles. The number of allylic oxidation sites excluding steroid dienone is 1. The monoisotopic (exact) mass is 469 g/mol. The summed E-state index contributed by atoms with van der Waals surface area (Å²) in [6.07, 6.45) is 6.45. The highest BCUT2D eigenvalue weighted by atomic mass is 19.1. The number of carboxylic acids is 1. The molecule has 1 saturated heterocycles. The highest BCUT2D eigenvalue weighted by molar-refractivity contribution is 5.98. The molecule has 1 aliphatic heterocycles. The van der Waals surface area contributed by atoms with Gasteiger partial charge in [0.1, 0.15) is 17.6 Å². The van der Waals surface area contributed by atoms with Crippen molar-refractivity contribution in [2.75, 3.05) is 6.61 Å². The van der Waals surface area contributed by atoms with Crippen molar-refractivity contribution < 1.29 is 23.8 Å². The van der Waals surface area contributed by atoms with Crippen LogP contribution in [0.5, 0.6) is 5.75 Å². The highest BCUT2D eigenvalue weighted by Gasteiger charge is 2.62. The van der Waals surface area contributed by atoms with E-state index in [4.69, 9.17) is 4.74 Å². The molecule has 1 amide bonds. The first-order valence-electron chi connectivity index (χ1n) is 12.8. The van der Waals surface area contributed by atoms with Gasteiger partial charge in [0.2, 0.25) is 0 Å². The van der Waals surface area contributed by atoms with Crippen LogP contribution in [0.25, 0.3) is 0 Å². The van der Waals surface area contributed by atoms with Gasteiger partial charge in [0.05, 0.1) is 12.2 Å². The fourth-order valence-electron chi connectivity index (χ4n) is 6.82. The summed E-state index contributed by atoms with van der Waals surface area (Å²) in [6, 6.07) is 2.04. The third kappa shape index (κ3) is 4.03. The minimum Gasteiger partial charge on any atom is -0.493 e. The Morgan fingerprint density at radius 1 is 1.29 bits per heavy atom. The molecule has 184 valence electrons. The van der Waals surface area contributed by atoms with Gasteiger partial charge in [-0.1, -0.05) is 32.9 Å². The first-order valence-corrected chi connectivity index (χ1v) is 12.8. The van der Waals surface area contributed by atoms with Crippen LogP contribution in [0.2, 0.25) is 0 Å². The summed E-state index contributed by atoms with van der Waals surface area (Å²) in [6.45, 7) is 11.2. The molecule has 4 fully saturated rings. The molecule has 1 N–H and O–H groups in total. The predicted octanol–water partition coefficient (Wildman–Crippen LogP) is 5.79. The number of carboxylic acid groups (broad SMARTS) is 1. The number of hydrogen-bond acceptors (Lipinski definition) is 3. The Morgan fingerprint density at radius 3 is 2.65 bits per heavy atom. The average molecular weight is 470 g/mol. The van der Waals surface area contributed by atoms with E-state index in [0.29, 0.717) is 24.7 Å². The second kappa shape index (κ2) is 8.39. The van der Waals surface area contributed by atoms with Gasteiger partial charge in [-0.05, 0) is 80.2 Å². The Bertz CT molecular complexity index is 1030. The molecule has 0 spiro atoms. The lowest BCUT2D eigenvalue weighted by atomic mass is 9.67. The Balaban J connectivity index is 1.41. The summed E-state index contributed by atoms with van der Waals surface area (Å²) in [5, 5.41) is 9.64. The van der Waals surface area contributed by atoms with Gasteiger partial charge < -0.3 is 14.7 Å². The lowest BCUT2D eigenvalue weighted by molar-refractivity contribution is -0.142. The summed E-state index contributed by atoms with van der Waals surface area (Å²) in [7, 11) is 0. The Kier molecular flexibility index (Phi) is 5.77. The van der Waals surface area contributed by atoms with Crippen molar-refractivity contribution in [3.63, 3.8) is 0 Å². The second-order valence-electron chi connectivity index (χ2n) is 11.5. The van der Waals surface area contributed by atoms with Crippen molar-refractivity contribution in [1.29, 1.82) is 0 Å². The maximum absolute atomic E-state index is 15.4. The standard InChI is InChI=1S/C28H36FNO4/c1-5-28(12-15(2)8-16(3)13-28)14-34-24-11-22(29)21(9-20(24)18-6-7-18)26(31)30-23(27(32)33)10-19-17(4)25(19)30/h9,11,16-19,23,25H,2,5-8,10,12-14H2,1,3-4H3,(H,32,33)/t16?,17-,19?,23+,25?,28?/m1/s1. The van der Waals surface area contributed by atoms with Crippen molar-refractivity contribution in [1.82, 2.24) is 4.90 Å². The molecule has 0 aromatic heterocycles. The number of halogens is 1. The van der Waals surface area contributed by atoms with Crippen LogP contribution in [0.4, 0.5) is 4.39 Å². The van der Waals surface area contributed by atoms with E-state index in [-0.39, 0.29) is 34.8 Å². The number of amides is 1. The molecule has 3 aliphatic carbocycles. The van der Waals surface area contributed by atoms with E-state index in [9.17, 15) is 14.7 Å². The molecular formula is C28H36FNO4. The summed E-state index contributed by atoms with van der Waals surface area (Å²) in [5.74, 6) is -0.315. The van der Waals surface area contributed by atoms with Gasteiger partial charge in [0.25, 0.3) is 5.91 Å². The maximum Gasteiger partial charge on any atom is 0.326 e. The number of fused-ring (bicyclic) bond motifs is 1. The molecule has 6 atom stereocenters. The molecule has 6 heteroatoms. The molecule has 4 unspecified atom stereocenters. The molecular weight excluding hydrogens is 433 g/mol. The Hall–Kier alpha value is -2.37. The number of aliphatic carboxylic acids is 1. The summed E-state index contributed by atoms with van der Waals surface area (Å²) in [4.78, 5) is 26.6. The van der Waals surface area contributed by atoms with Crippen LogP contribution in [-0.2, 0) is 4.79 Å². The largest absolute Gasteiger partial charge is 0.493 e. The molecule has 34 heavy (non-hydrogen) atoms. The van der Waals surface area contributed by atoms with Gasteiger partial charge in [-0.15, -0.1) is 0 Å². The van der Waals surface area contributed by atoms with E-state index >= 15 is 4.39 Å². The van der Waals surface area contributed by atoms with Crippen molar-refractivity contribution in [3.8, 4) is 5.75 Å². The third-order valence-electron chi connectivity index (χ3n) is 8.86. The molecule has 0 radical (unpaired) electrons. The topological polar surface area (TPSA) is 66.8 Å². The van der Waals surface area contributed by atoms with Crippen LogP contribution in [0.3, 0.4) is 0 Å². The van der Waals surface area contributed by atoms with Crippen LogP contribution in [0, 0.1) is 29.0 Å². The van der Waals surface area contributed by atoms with E-state index in [1.807, 2.05) is 6.92 Å². The van der Waals surface area contributed by atoms with E-state index in [1.165, 1.54) is 16.5 Å². The van der Waals surface area contributed by atoms with Gasteiger partial charge in [0, 0.05) is 17.5 Å². The van der Waals surface area contributed by atoms with Crippen molar-refractivity contribution in [2.45, 2.75) is 83.7 Å². The minimum atomic E-state index is -1.01. The van der Waals surface area contributed by atoms with Gasteiger partial charge in [0.15, 0.2) is 0 Å². The average Bonchev–Trinajstić information content (AvgIpc) is 3.68. The molecule has 4 aliphatic rings. The molecule has 3 saturated carbocycles. The zero-order valence-electron chi connectivity index (χ0n) is 20.5. The zero-order valence-corrected chi connectivity index (χ0v) is 20.5. The quantitative estimate of drug-likeness (QED) is 0.514. The number of hydrogen-bond donors (Lipinski definition) is 1. The zero-order chi connectivity index (χ0) is 24.4. The number of piperidine rings is 1. The molecule has 1 aromatic rings. The number of likely N-dealkylation sites (tertiary alicyclic amines) is 1. The fourth-order valence-corrected chi connectivity index (χ4v) is 6.82. The van der Waals surface area contributed by atoms with Crippen LogP contribution in [0.15, 0.2) is 24.3 Å². The minimum absolute atomic E-state index is 0.00191. The normalized spacial score (nSPS) is 34.6. The number of rotatable bonds is 7. The van der Waals surface area contributed by atoms with E-state index < -0.39 is 23.7 Å². The highest BCUT2D eigenvalue weighted by Crippen LogP contribution is 2.54. The first-order chi connectivity index (χ1) is 16.1. The Morgan fingerprint density at radius 2 is 2.03 bits per heavy atom. The van der Waals surface area contributed by atoms with Crippen molar-refractivity contribution in [2.24, 2.45) is 23.2 Å². The van der Waals surface area contributed by atoms with E-state index in [0.717, 1.165) is 44.1 Å². The van der Waals surface area contributed by atoms with Crippen molar-refractivity contribution >= 4 is 11.9 Å².